The highest BCUT2D eigenvalue weighted by Crippen LogP contribution is 2.28. The Morgan fingerprint density at radius 3 is 2.00 bits per heavy atom. The maximum Gasteiger partial charge on any atom is 0.351 e. The van der Waals surface area contributed by atoms with E-state index in [9.17, 15) is 14.4 Å². The van der Waals surface area contributed by atoms with Crippen LogP contribution < -0.4 is 4.74 Å². The number of ether oxygens (including phenoxy) is 3. The molecule has 0 heterocycles. The Labute approximate surface area is 168 Å². The highest BCUT2D eigenvalue weighted by molar-refractivity contribution is 9.10. The van der Waals surface area contributed by atoms with Crippen molar-refractivity contribution >= 4 is 51.0 Å². The van der Waals surface area contributed by atoms with Gasteiger partial charge in [0.25, 0.3) is 0 Å². The molecule has 2 rings (SSSR count). The number of hydrogen-bond acceptors (Lipinski definition) is 6. The van der Waals surface area contributed by atoms with Gasteiger partial charge >= 0.3 is 17.9 Å². The number of para-hydroxylation sites is 1. The van der Waals surface area contributed by atoms with Gasteiger partial charge < -0.3 is 14.2 Å². The molecular weight excluding hydrogens is 440 g/mol. The zero-order valence-electron chi connectivity index (χ0n) is 14.3. The number of carbonyl (C=O) groups is 3. The predicted octanol–water partition coefficient (Wildman–Crippen LogP) is 3.81. The highest BCUT2D eigenvalue weighted by atomic mass is 79.9. The molecule has 6 nitrogen and oxygen atoms in total. The first-order valence-electron chi connectivity index (χ1n) is 7.52. The Morgan fingerprint density at radius 2 is 1.44 bits per heavy atom. The molecule has 0 aliphatic carbocycles. The summed E-state index contributed by atoms with van der Waals surface area (Å²) in [5.74, 6) is -2.84. The molecular formula is C19H14BrClO6. The van der Waals surface area contributed by atoms with Crippen LogP contribution in [0, 0.1) is 0 Å². The molecule has 0 fully saturated rings. The van der Waals surface area contributed by atoms with Crippen LogP contribution in [0.25, 0.3) is 5.57 Å². The van der Waals surface area contributed by atoms with E-state index in [-0.39, 0.29) is 16.9 Å². The third-order valence-electron chi connectivity index (χ3n) is 3.41. The number of rotatable bonds is 5. The fourth-order valence-corrected chi connectivity index (χ4v) is 2.64. The predicted molar refractivity (Wildman–Crippen MR) is 102 cm³/mol. The van der Waals surface area contributed by atoms with Crippen molar-refractivity contribution in [2.24, 2.45) is 0 Å². The van der Waals surface area contributed by atoms with Crippen LogP contribution >= 0.6 is 27.5 Å². The normalized spacial score (nSPS) is 11.3. The van der Waals surface area contributed by atoms with E-state index in [2.05, 4.69) is 20.7 Å². The van der Waals surface area contributed by atoms with Gasteiger partial charge in [-0.3, -0.25) is 0 Å². The van der Waals surface area contributed by atoms with Crippen LogP contribution in [0.4, 0.5) is 0 Å². The zero-order valence-corrected chi connectivity index (χ0v) is 16.7. The molecule has 0 amide bonds. The minimum absolute atomic E-state index is 0.171. The second-order valence-electron chi connectivity index (χ2n) is 5.06. The molecule has 0 N–H and O–H groups in total. The molecule has 2 aromatic carbocycles. The summed E-state index contributed by atoms with van der Waals surface area (Å²) < 4.78 is 15.2. The van der Waals surface area contributed by atoms with Crippen molar-refractivity contribution < 1.29 is 28.6 Å². The Kier molecular flexibility index (Phi) is 7.15. The first-order valence-corrected chi connectivity index (χ1v) is 8.69. The quantitative estimate of drug-likeness (QED) is 0.225. The second-order valence-corrected chi connectivity index (χ2v) is 6.35. The summed E-state index contributed by atoms with van der Waals surface area (Å²) >= 11 is 9.11. The molecule has 2 aromatic rings. The van der Waals surface area contributed by atoms with Gasteiger partial charge in [0, 0.05) is 5.02 Å². The van der Waals surface area contributed by atoms with E-state index in [0.29, 0.717) is 9.50 Å². The third kappa shape index (κ3) is 4.96. The lowest BCUT2D eigenvalue weighted by molar-refractivity contribution is -0.142. The first-order chi connectivity index (χ1) is 12.9. The molecule has 0 unspecified atom stereocenters. The summed E-state index contributed by atoms with van der Waals surface area (Å²) in [5, 5.41) is 0.415. The number of hydrogen-bond donors (Lipinski definition) is 0. The number of halogens is 2. The van der Waals surface area contributed by atoms with Crippen LogP contribution in [0.2, 0.25) is 5.02 Å². The Hall–Kier alpha value is -2.64. The van der Waals surface area contributed by atoms with Gasteiger partial charge in [-0.1, -0.05) is 35.9 Å². The van der Waals surface area contributed by atoms with Crippen molar-refractivity contribution in [1.29, 1.82) is 0 Å². The minimum atomic E-state index is -1.07. The van der Waals surface area contributed by atoms with E-state index in [1.165, 1.54) is 30.3 Å². The molecule has 0 aliphatic rings. The lowest BCUT2D eigenvalue weighted by Crippen LogP contribution is -2.24. The van der Waals surface area contributed by atoms with Crippen LogP contribution in [-0.2, 0) is 23.9 Å². The van der Waals surface area contributed by atoms with E-state index in [1.54, 1.807) is 18.2 Å². The highest BCUT2D eigenvalue weighted by Gasteiger charge is 2.31. The maximum atomic E-state index is 12.7. The Morgan fingerprint density at radius 1 is 0.852 bits per heavy atom. The molecule has 0 saturated carbocycles. The van der Waals surface area contributed by atoms with Crippen molar-refractivity contribution in [3.8, 4) is 5.75 Å². The van der Waals surface area contributed by atoms with Gasteiger partial charge in [-0.05, 0) is 45.8 Å². The van der Waals surface area contributed by atoms with Gasteiger partial charge in [-0.25, -0.2) is 14.4 Å². The Bertz CT molecular complexity index is 905. The fourth-order valence-electron chi connectivity index (χ4n) is 2.15. The average molecular weight is 454 g/mol. The standard InChI is InChI=1S/C19H14BrClO6/c1-25-17(22)15(11-7-9-12(21)10-8-11)16(18(23)26-2)19(24)27-14-6-4-3-5-13(14)20/h3-10H,1-2H3/b16-15-. The monoisotopic (exact) mass is 452 g/mol. The van der Waals surface area contributed by atoms with Crippen molar-refractivity contribution in [2.45, 2.75) is 0 Å². The molecule has 0 saturated heterocycles. The van der Waals surface area contributed by atoms with Gasteiger partial charge in [-0.2, -0.15) is 0 Å². The average Bonchev–Trinajstić information content (AvgIpc) is 2.67. The molecule has 0 aromatic heterocycles. The van der Waals surface area contributed by atoms with Crippen molar-refractivity contribution in [3.05, 3.63) is 69.2 Å². The van der Waals surface area contributed by atoms with Crippen LogP contribution in [-0.4, -0.2) is 32.1 Å². The van der Waals surface area contributed by atoms with Crippen molar-refractivity contribution in [3.63, 3.8) is 0 Å². The summed E-state index contributed by atoms with van der Waals surface area (Å²) in [6.45, 7) is 0. The number of benzene rings is 2. The van der Waals surface area contributed by atoms with Crippen LogP contribution in [0.1, 0.15) is 5.56 Å². The van der Waals surface area contributed by atoms with Crippen LogP contribution in [0.5, 0.6) is 5.75 Å². The van der Waals surface area contributed by atoms with Crippen LogP contribution in [0.15, 0.2) is 58.6 Å². The van der Waals surface area contributed by atoms with E-state index < -0.39 is 23.5 Å². The molecule has 0 atom stereocenters. The van der Waals surface area contributed by atoms with E-state index in [4.69, 9.17) is 21.1 Å². The molecule has 27 heavy (non-hydrogen) atoms. The first kappa shape index (κ1) is 20.7. The summed E-state index contributed by atoms with van der Waals surface area (Å²) in [6.07, 6.45) is 0. The van der Waals surface area contributed by atoms with Gasteiger partial charge in [-0.15, -0.1) is 0 Å². The van der Waals surface area contributed by atoms with Crippen molar-refractivity contribution in [1.82, 2.24) is 0 Å². The summed E-state index contributed by atoms with van der Waals surface area (Å²) in [5.41, 5.74) is -0.642. The van der Waals surface area contributed by atoms with E-state index in [0.717, 1.165) is 14.2 Å². The minimum Gasteiger partial charge on any atom is -0.465 e. The number of methoxy groups -OCH3 is 2. The molecule has 0 radical (unpaired) electrons. The van der Waals surface area contributed by atoms with Gasteiger partial charge in [0.05, 0.1) is 24.3 Å². The van der Waals surface area contributed by atoms with E-state index >= 15 is 0 Å². The smallest absolute Gasteiger partial charge is 0.351 e. The number of carbonyl (C=O) groups excluding carboxylic acids is 3. The van der Waals surface area contributed by atoms with Gasteiger partial charge in [0.1, 0.15) is 5.75 Å². The molecule has 0 aliphatic heterocycles. The molecule has 0 spiro atoms. The topological polar surface area (TPSA) is 78.9 Å². The fraction of sp³-hybridized carbons (Fsp3) is 0.105. The van der Waals surface area contributed by atoms with E-state index in [1.807, 2.05) is 0 Å². The summed E-state index contributed by atoms with van der Waals surface area (Å²) in [6, 6.07) is 12.5. The lowest BCUT2D eigenvalue weighted by atomic mass is 9.99. The SMILES string of the molecule is COC(=O)/C(C(=O)Oc1ccccc1Br)=C(/C(=O)OC)c1ccc(Cl)cc1. The second kappa shape index (κ2) is 9.34. The van der Waals surface area contributed by atoms with Gasteiger partial charge in [0.2, 0.25) is 0 Å². The maximum absolute atomic E-state index is 12.7. The largest absolute Gasteiger partial charge is 0.465 e. The zero-order chi connectivity index (χ0) is 20.0. The van der Waals surface area contributed by atoms with Crippen LogP contribution in [0.3, 0.4) is 0 Å². The summed E-state index contributed by atoms with van der Waals surface area (Å²) in [4.78, 5) is 37.4. The Balaban J connectivity index is 2.62. The van der Waals surface area contributed by atoms with Crippen molar-refractivity contribution in [2.75, 3.05) is 14.2 Å². The lowest BCUT2D eigenvalue weighted by Gasteiger charge is -2.13. The molecule has 8 heteroatoms. The summed E-state index contributed by atoms with van der Waals surface area (Å²) in [7, 11) is 2.22. The third-order valence-corrected chi connectivity index (χ3v) is 4.31. The molecule has 0 bridgehead atoms. The van der Waals surface area contributed by atoms with Gasteiger partial charge in [0.15, 0.2) is 5.57 Å². The molecule has 140 valence electrons. The number of esters is 3.